The van der Waals surface area contributed by atoms with Crippen LogP contribution in [0, 0.1) is 6.92 Å². The first-order valence-electron chi connectivity index (χ1n) is 5.75. The molecular formula is C13H18BrNO2. The van der Waals surface area contributed by atoms with E-state index in [9.17, 15) is 4.79 Å². The van der Waals surface area contributed by atoms with Gasteiger partial charge < -0.3 is 10.1 Å². The lowest BCUT2D eigenvalue weighted by Gasteiger charge is -2.06. The smallest absolute Gasteiger partial charge is 0.307 e. The molecule has 1 rings (SSSR count). The van der Waals surface area contributed by atoms with Gasteiger partial charge in [-0.3, -0.25) is 4.79 Å². The van der Waals surface area contributed by atoms with Crippen LogP contribution < -0.4 is 5.32 Å². The van der Waals surface area contributed by atoms with Gasteiger partial charge >= 0.3 is 5.97 Å². The molecule has 3 nitrogen and oxygen atoms in total. The Morgan fingerprint density at radius 3 is 2.88 bits per heavy atom. The van der Waals surface area contributed by atoms with Crippen molar-refractivity contribution < 1.29 is 9.53 Å². The van der Waals surface area contributed by atoms with Crippen molar-refractivity contribution in [1.29, 1.82) is 0 Å². The van der Waals surface area contributed by atoms with Gasteiger partial charge in [0.25, 0.3) is 0 Å². The summed E-state index contributed by atoms with van der Waals surface area (Å²) in [6.07, 6.45) is 0.420. The molecule has 1 aromatic rings. The Hall–Kier alpha value is -0.870. The molecule has 4 heteroatoms. The second kappa shape index (κ2) is 7.45. The minimum atomic E-state index is -0.146. The van der Waals surface area contributed by atoms with Crippen LogP contribution in [0.3, 0.4) is 0 Å². The van der Waals surface area contributed by atoms with E-state index >= 15 is 0 Å². The molecule has 94 valence electrons. The molecule has 0 saturated heterocycles. The van der Waals surface area contributed by atoms with Crippen LogP contribution in [-0.2, 0) is 16.1 Å². The van der Waals surface area contributed by atoms with Gasteiger partial charge in [-0.1, -0.05) is 28.1 Å². The molecular weight excluding hydrogens is 282 g/mol. The van der Waals surface area contributed by atoms with Crippen LogP contribution in [0.4, 0.5) is 0 Å². The van der Waals surface area contributed by atoms with E-state index in [1.54, 1.807) is 0 Å². The quantitative estimate of drug-likeness (QED) is 0.648. The minimum Gasteiger partial charge on any atom is -0.466 e. The van der Waals surface area contributed by atoms with Gasteiger partial charge in [0.2, 0.25) is 0 Å². The third-order valence-electron chi connectivity index (χ3n) is 2.36. The summed E-state index contributed by atoms with van der Waals surface area (Å²) in [7, 11) is 0. The Balaban J connectivity index is 2.26. The maximum Gasteiger partial charge on any atom is 0.307 e. The third-order valence-corrected chi connectivity index (χ3v) is 3.25. The highest BCUT2D eigenvalue weighted by molar-refractivity contribution is 9.10. The van der Waals surface area contributed by atoms with Crippen molar-refractivity contribution in [2.24, 2.45) is 0 Å². The Kier molecular flexibility index (Phi) is 6.22. The second-order valence-electron chi connectivity index (χ2n) is 3.82. The summed E-state index contributed by atoms with van der Waals surface area (Å²) >= 11 is 3.47. The first-order valence-corrected chi connectivity index (χ1v) is 6.54. The van der Waals surface area contributed by atoms with Gasteiger partial charge in [0.15, 0.2) is 0 Å². The molecule has 1 N–H and O–H groups in total. The molecule has 0 heterocycles. The van der Waals surface area contributed by atoms with Crippen molar-refractivity contribution >= 4 is 21.9 Å². The Morgan fingerprint density at radius 1 is 1.47 bits per heavy atom. The Labute approximate surface area is 111 Å². The molecule has 0 aliphatic carbocycles. The molecule has 17 heavy (non-hydrogen) atoms. The van der Waals surface area contributed by atoms with Gasteiger partial charge in [0.05, 0.1) is 13.0 Å². The van der Waals surface area contributed by atoms with Crippen molar-refractivity contribution in [2.45, 2.75) is 26.8 Å². The molecule has 0 spiro atoms. The molecule has 0 atom stereocenters. The van der Waals surface area contributed by atoms with Gasteiger partial charge in [-0.25, -0.2) is 0 Å². The predicted octanol–water partition coefficient (Wildman–Crippen LogP) is 2.80. The molecule has 0 unspecified atom stereocenters. The van der Waals surface area contributed by atoms with Gasteiger partial charge in [-0.15, -0.1) is 0 Å². The number of carbonyl (C=O) groups is 1. The van der Waals surface area contributed by atoms with Gasteiger partial charge in [-0.05, 0) is 31.0 Å². The summed E-state index contributed by atoms with van der Waals surface area (Å²) in [6, 6.07) is 6.23. The van der Waals surface area contributed by atoms with Crippen LogP contribution in [-0.4, -0.2) is 19.1 Å². The topological polar surface area (TPSA) is 38.3 Å². The average Bonchev–Trinajstić information content (AvgIpc) is 2.29. The minimum absolute atomic E-state index is 0.146. The highest BCUT2D eigenvalue weighted by Gasteiger charge is 2.01. The number of aryl methyl sites for hydroxylation is 1. The number of ether oxygens (including phenoxy) is 1. The first-order chi connectivity index (χ1) is 8.13. The number of halogens is 1. The van der Waals surface area contributed by atoms with Gasteiger partial charge in [0, 0.05) is 17.6 Å². The van der Waals surface area contributed by atoms with Crippen LogP contribution in [0.5, 0.6) is 0 Å². The molecule has 0 aliphatic rings. The van der Waals surface area contributed by atoms with Gasteiger partial charge in [-0.2, -0.15) is 0 Å². The molecule has 0 saturated carbocycles. The lowest BCUT2D eigenvalue weighted by molar-refractivity contribution is -0.142. The van der Waals surface area contributed by atoms with E-state index in [-0.39, 0.29) is 5.97 Å². The number of esters is 1. The predicted molar refractivity (Wildman–Crippen MR) is 71.8 cm³/mol. The van der Waals surface area contributed by atoms with Crippen molar-refractivity contribution in [3.63, 3.8) is 0 Å². The summed E-state index contributed by atoms with van der Waals surface area (Å²) in [6.45, 7) is 5.74. The zero-order chi connectivity index (χ0) is 12.7. The van der Waals surface area contributed by atoms with Crippen LogP contribution in [0.25, 0.3) is 0 Å². The summed E-state index contributed by atoms with van der Waals surface area (Å²) in [4.78, 5) is 11.1. The van der Waals surface area contributed by atoms with E-state index in [4.69, 9.17) is 4.74 Å². The number of carbonyl (C=O) groups excluding carboxylic acids is 1. The summed E-state index contributed by atoms with van der Waals surface area (Å²) in [5.74, 6) is -0.146. The summed E-state index contributed by atoms with van der Waals surface area (Å²) < 4.78 is 5.96. The molecule has 0 bridgehead atoms. The van der Waals surface area contributed by atoms with Crippen molar-refractivity contribution in [3.8, 4) is 0 Å². The van der Waals surface area contributed by atoms with Crippen LogP contribution in [0.2, 0.25) is 0 Å². The third kappa shape index (κ3) is 5.33. The van der Waals surface area contributed by atoms with Crippen molar-refractivity contribution in [3.05, 3.63) is 33.8 Å². The monoisotopic (exact) mass is 299 g/mol. The van der Waals surface area contributed by atoms with Gasteiger partial charge in [0.1, 0.15) is 0 Å². The van der Waals surface area contributed by atoms with Crippen LogP contribution >= 0.6 is 15.9 Å². The lowest BCUT2D eigenvalue weighted by Crippen LogP contribution is -2.19. The molecule has 0 aliphatic heterocycles. The van der Waals surface area contributed by atoms with Crippen molar-refractivity contribution in [2.75, 3.05) is 13.2 Å². The fourth-order valence-electron chi connectivity index (χ4n) is 1.47. The van der Waals surface area contributed by atoms with E-state index in [1.807, 2.05) is 13.0 Å². The zero-order valence-electron chi connectivity index (χ0n) is 10.3. The maximum atomic E-state index is 11.1. The Bertz CT molecular complexity index is 380. The number of rotatable bonds is 6. The fraction of sp³-hybridized carbons (Fsp3) is 0.462. The molecule has 0 fully saturated rings. The zero-order valence-corrected chi connectivity index (χ0v) is 11.8. The average molecular weight is 300 g/mol. The number of benzene rings is 1. The summed E-state index contributed by atoms with van der Waals surface area (Å²) in [5, 5.41) is 3.22. The fourth-order valence-corrected chi connectivity index (χ4v) is 1.72. The lowest BCUT2D eigenvalue weighted by atomic mass is 10.1. The van der Waals surface area contributed by atoms with E-state index in [0.717, 1.165) is 11.0 Å². The molecule has 0 radical (unpaired) electrons. The Morgan fingerprint density at radius 2 is 2.24 bits per heavy atom. The van der Waals surface area contributed by atoms with Crippen LogP contribution in [0.15, 0.2) is 22.7 Å². The highest BCUT2D eigenvalue weighted by Crippen LogP contribution is 2.16. The normalized spacial score (nSPS) is 10.3. The largest absolute Gasteiger partial charge is 0.466 e. The number of nitrogens with one attached hydrogen (secondary N) is 1. The second-order valence-corrected chi connectivity index (χ2v) is 4.67. The van der Waals surface area contributed by atoms with E-state index in [0.29, 0.717) is 19.6 Å². The van der Waals surface area contributed by atoms with E-state index < -0.39 is 0 Å². The highest BCUT2D eigenvalue weighted by atomic mass is 79.9. The maximum absolute atomic E-state index is 11.1. The SMILES string of the molecule is CCOC(=O)CCNCc1ccc(Br)c(C)c1. The van der Waals surface area contributed by atoms with E-state index in [1.165, 1.54) is 11.1 Å². The standard InChI is InChI=1S/C13H18BrNO2/c1-3-17-13(16)6-7-15-9-11-4-5-12(14)10(2)8-11/h4-5,8,15H,3,6-7,9H2,1-2H3. The molecule has 0 aromatic heterocycles. The molecule has 1 aromatic carbocycles. The first kappa shape index (κ1) is 14.2. The van der Waals surface area contributed by atoms with Crippen molar-refractivity contribution in [1.82, 2.24) is 5.32 Å². The molecule has 0 amide bonds. The van der Waals surface area contributed by atoms with E-state index in [2.05, 4.69) is 40.3 Å². The number of hydrogen-bond acceptors (Lipinski definition) is 3. The van der Waals surface area contributed by atoms with Crippen LogP contribution in [0.1, 0.15) is 24.5 Å². The summed E-state index contributed by atoms with van der Waals surface area (Å²) in [5.41, 5.74) is 2.43. The number of hydrogen-bond donors (Lipinski definition) is 1.